The second kappa shape index (κ2) is 6.64. The van der Waals surface area contributed by atoms with Crippen LogP contribution in [0.2, 0.25) is 10.0 Å². The summed E-state index contributed by atoms with van der Waals surface area (Å²) in [6.07, 6.45) is 0.804. The number of amides is 1. The van der Waals surface area contributed by atoms with Gasteiger partial charge in [0.1, 0.15) is 10.7 Å². The Labute approximate surface area is 155 Å². The number of nitrogens with zero attached hydrogens (tertiary/aromatic N) is 2. The Morgan fingerprint density at radius 3 is 2.83 bits per heavy atom. The standard InChI is InChI=1S/C17H19Cl2N3OS/c1-17(2)9-22(6-5-14(17)20)16(23)13-8-24-15(21-13)11-4-3-10(18)7-12(11)19/h3-4,7-8,14H,5-6,9,20H2,1-2H3. The first kappa shape index (κ1) is 17.7. The van der Waals surface area contributed by atoms with Gasteiger partial charge in [-0.1, -0.05) is 37.0 Å². The van der Waals surface area contributed by atoms with Crippen molar-refractivity contribution < 1.29 is 4.79 Å². The lowest BCUT2D eigenvalue weighted by atomic mass is 9.79. The first-order chi connectivity index (χ1) is 11.3. The number of halogens is 2. The number of thiazole rings is 1. The number of carbonyl (C=O) groups is 1. The average Bonchev–Trinajstić information content (AvgIpc) is 2.98. The Hall–Kier alpha value is -1.14. The SMILES string of the molecule is CC1(C)CN(C(=O)c2csc(-c3ccc(Cl)cc3Cl)n2)CCC1N. The average molecular weight is 384 g/mol. The fraction of sp³-hybridized carbons (Fsp3) is 0.412. The minimum atomic E-state index is -0.0910. The predicted octanol–water partition coefficient (Wildman–Crippen LogP) is 4.32. The number of carbonyl (C=O) groups excluding carboxylic acids is 1. The summed E-state index contributed by atoms with van der Waals surface area (Å²) < 4.78 is 0. The minimum absolute atomic E-state index is 0.0532. The Kier molecular flexibility index (Phi) is 4.89. The van der Waals surface area contributed by atoms with E-state index in [2.05, 4.69) is 18.8 Å². The Bertz CT molecular complexity index is 775. The van der Waals surface area contributed by atoms with Crippen molar-refractivity contribution in [1.29, 1.82) is 0 Å². The number of piperidine rings is 1. The van der Waals surface area contributed by atoms with E-state index < -0.39 is 0 Å². The summed E-state index contributed by atoms with van der Waals surface area (Å²) >= 11 is 13.6. The van der Waals surface area contributed by atoms with E-state index >= 15 is 0 Å². The van der Waals surface area contributed by atoms with Crippen LogP contribution in [0.5, 0.6) is 0 Å². The normalized spacial score (nSPS) is 20.2. The number of hydrogen-bond acceptors (Lipinski definition) is 4. The van der Waals surface area contributed by atoms with E-state index in [0.717, 1.165) is 12.0 Å². The maximum absolute atomic E-state index is 12.8. The van der Waals surface area contributed by atoms with E-state index in [-0.39, 0.29) is 17.4 Å². The molecular weight excluding hydrogens is 365 g/mol. The van der Waals surface area contributed by atoms with Gasteiger partial charge in [-0.3, -0.25) is 4.79 Å². The Balaban J connectivity index is 1.81. The first-order valence-corrected chi connectivity index (χ1v) is 9.37. The second-order valence-electron chi connectivity index (χ2n) is 6.77. The largest absolute Gasteiger partial charge is 0.337 e. The van der Waals surface area contributed by atoms with E-state index in [1.807, 2.05) is 11.0 Å². The summed E-state index contributed by atoms with van der Waals surface area (Å²) in [4.78, 5) is 19.1. The molecule has 24 heavy (non-hydrogen) atoms. The highest BCUT2D eigenvalue weighted by Crippen LogP contribution is 2.33. The van der Waals surface area contributed by atoms with Gasteiger partial charge in [0, 0.05) is 35.1 Å². The summed E-state index contributed by atoms with van der Waals surface area (Å²) in [6.45, 7) is 5.49. The van der Waals surface area contributed by atoms with Gasteiger partial charge in [0.25, 0.3) is 5.91 Å². The molecule has 7 heteroatoms. The zero-order valence-electron chi connectivity index (χ0n) is 13.6. The van der Waals surface area contributed by atoms with Crippen LogP contribution in [0.4, 0.5) is 0 Å². The van der Waals surface area contributed by atoms with Gasteiger partial charge in [-0.25, -0.2) is 4.98 Å². The van der Waals surface area contributed by atoms with E-state index in [4.69, 9.17) is 28.9 Å². The number of rotatable bonds is 2. The molecule has 1 unspecified atom stereocenters. The van der Waals surface area contributed by atoms with Crippen molar-refractivity contribution in [2.24, 2.45) is 11.1 Å². The van der Waals surface area contributed by atoms with Crippen LogP contribution in [0, 0.1) is 5.41 Å². The molecule has 1 aromatic carbocycles. The number of benzene rings is 1. The highest BCUT2D eigenvalue weighted by molar-refractivity contribution is 7.13. The summed E-state index contributed by atoms with van der Waals surface area (Å²) in [5, 5.41) is 3.60. The van der Waals surface area contributed by atoms with Crippen molar-refractivity contribution in [1.82, 2.24) is 9.88 Å². The molecule has 0 spiro atoms. The lowest BCUT2D eigenvalue weighted by Gasteiger charge is -2.42. The topological polar surface area (TPSA) is 59.2 Å². The van der Waals surface area contributed by atoms with Crippen molar-refractivity contribution in [2.45, 2.75) is 26.3 Å². The van der Waals surface area contributed by atoms with Crippen LogP contribution >= 0.6 is 34.5 Å². The van der Waals surface area contributed by atoms with Gasteiger partial charge in [0.15, 0.2) is 0 Å². The van der Waals surface area contributed by atoms with Crippen LogP contribution in [-0.4, -0.2) is 34.9 Å². The fourth-order valence-corrected chi connectivity index (χ4v) is 4.25. The van der Waals surface area contributed by atoms with E-state index in [1.54, 1.807) is 17.5 Å². The van der Waals surface area contributed by atoms with Gasteiger partial charge < -0.3 is 10.6 Å². The molecule has 128 valence electrons. The van der Waals surface area contributed by atoms with Crippen LogP contribution in [-0.2, 0) is 0 Å². The van der Waals surface area contributed by atoms with Crippen molar-refractivity contribution in [2.75, 3.05) is 13.1 Å². The van der Waals surface area contributed by atoms with Gasteiger partial charge in [-0.05, 0) is 30.0 Å². The monoisotopic (exact) mass is 383 g/mol. The fourth-order valence-electron chi connectivity index (χ4n) is 2.87. The molecule has 1 aliphatic rings. The highest BCUT2D eigenvalue weighted by Gasteiger charge is 2.36. The zero-order valence-corrected chi connectivity index (χ0v) is 15.9. The summed E-state index contributed by atoms with van der Waals surface area (Å²) in [5.41, 5.74) is 7.29. The number of hydrogen-bond donors (Lipinski definition) is 1. The zero-order chi connectivity index (χ0) is 17.5. The van der Waals surface area contributed by atoms with E-state index in [9.17, 15) is 4.79 Å². The molecular formula is C17H19Cl2N3OS. The maximum Gasteiger partial charge on any atom is 0.273 e. The van der Waals surface area contributed by atoms with Gasteiger partial charge in [-0.15, -0.1) is 11.3 Å². The summed E-state index contributed by atoms with van der Waals surface area (Å²) in [6, 6.07) is 5.37. The van der Waals surface area contributed by atoms with Crippen molar-refractivity contribution in [3.8, 4) is 10.6 Å². The third-order valence-electron chi connectivity index (χ3n) is 4.48. The molecule has 0 aliphatic carbocycles. The molecule has 2 heterocycles. The summed E-state index contributed by atoms with van der Waals surface area (Å²) in [7, 11) is 0. The highest BCUT2D eigenvalue weighted by atomic mass is 35.5. The number of likely N-dealkylation sites (tertiary alicyclic amines) is 1. The lowest BCUT2D eigenvalue weighted by molar-refractivity contribution is 0.0528. The Morgan fingerprint density at radius 1 is 1.42 bits per heavy atom. The minimum Gasteiger partial charge on any atom is -0.337 e. The van der Waals surface area contributed by atoms with Crippen LogP contribution in [0.25, 0.3) is 10.6 Å². The molecule has 1 atom stereocenters. The second-order valence-corrected chi connectivity index (χ2v) is 8.47. The van der Waals surface area contributed by atoms with E-state index in [0.29, 0.717) is 33.8 Å². The van der Waals surface area contributed by atoms with Crippen molar-refractivity contribution in [3.05, 3.63) is 39.3 Å². The van der Waals surface area contributed by atoms with Gasteiger partial charge in [0.05, 0.1) is 5.02 Å². The van der Waals surface area contributed by atoms with E-state index in [1.165, 1.54) is 11.3 Å². The molecule has 2 aromatic rings. The third kappa shape index (κ3) is 3.45. The molecule has 1 aromatic heterocycles. The number of aromatic nitrogens is 1. The van der Waals surface area contributed by atoms with Gasteiger partial charge >= 0.3 is 0 Å². The first-order valence-electron chi connectivity index (χ1n) is 7.74. The van der Waals surface area contributed by atoms with Gasteiger partial charge in [0.2, 0.25) is 0 Å². The quantitative estimate of drug-likeness (QED) is 0.839. The van der Waals surface area contributed by atoms with Crippen LogP contribution < -0.4 is 5.73 Å². The molecule has 2 N–H and O–H groups in total. The van der Waals surface area contributed by atoms with Crippen molar-refractivity contribution >= 4 is 40.4 Å². The van der Waals surface area contributed by atoms with Crippen LogP contribution in [0.15, 0.2) is 23.6 Å². The van der Waals surface area contributed by atoms with Crippen LogP contribution in [0.1, 0.15) is 30.8 Å². The lowest BCUT2D eigenvalue weighted by Crippen LogP contribution is -2.54. The Morgan fingerprint density at radius 2 is 2.17 bits per heavy atom. The molecule has 1 saturated heterocycles. The smallest absolute Gasteiger partial charge is 0.273 e. The molecule has 0 radical (unpaired) electrons. The molecule has 4 nitrogen and oxygen atoms in total. The maximum atomic E-state index is 12.8. The van der Waals surface area contributed by atoms with Crippen LogP contribution in [0.3, 0.4) is 0 Å². The van der Waals surface area contributed by atoms with Crippen molar-refractivity contribution in [3.63, 3.8) is 0 Å². The molecule has 1 aliphatic heterocycles. The predicted molar refractivity (Wildman–Crippen MR) is 99.8 cm³/mol. The molecule has 1 amide bonds. The molecule has 1 fully saturated rings. The number of nitrogens with two attached hydrogens (primary N) is 1. The summed E-state index contributed by atoms with van der Waals surface area (Å²) in [5.74, 6) is -0.0532. The molecule has 0 saturated carbocycles. The molecule has 0 bridgehead atoms. The molecule has 3 rings (SSSR count). The van der Waals surface area contributed by atoms with Gasteiger partial charge in [-0.2, -0.15) is 0 Å². The third-order valence-corrected chi connectivity index (χ3v) is 5.91.